The minimum Gasteiger partial charge on any atom is -0.467 e. The van der Waals surface area contributed by atoms with Crippen molar-refractivity contribution in [2.24, 2.45) is 0 Å². The van der Waals surface area contributed by atoms with Crippen molar-refractivity contribution in [1.82, 2.24) is 14.9 Å². The average molecular weight is 283 g/mol. The summed E-state index contributed by atoms with van der Waals surface area (Å²) >= 11 is 6.13. The van der Waals surface area contributed by atoms with Gasteiger partial charge in [0.2, 0.25) is 0 Å². The third-order valence-corrected chi connectivity index (χ3v) is 4.34. The molecule has 1 N–H and O–H groups in total. The Hall–Kier alpha value is -1.07. The zero-order valence-corrected chi connectivity index (χ0v) is 11.9. The zero-order chi connectivity index (χ0) is 13.2. The Bertz CT molecular complexity index is 456. The third kappa shape index (κ3) is 2.77. The number of ether oxygens (including phenoxy) is 1. The smallest absolute Gasteiger partial charge is 0.318 e. The van der Waals surface area contributed by atoms with Gasteiger partial charge in [-0.2, -0.15) is 4.98 Å². The van der Waals surface area contributed by atoms with Crippen LogP contribution in [0.5, 0.6) is 6.01 Å². The van der Waals surface area contributed by atoms with Crippen LogP contribution in [0.4, 0.5) is 5.82 Å². The molecule has 0 aliphatic carbocycles. The van der Waals surface area contributed by atoms with Crippen molar-refractivity contribution in [2.75, 3.05) is 25.5 Å². The first-order valence-corrected chi connectivity index (χ1v) is 7.21. The van der Waals surface area contributed by atoms with E-state index >= 15 is 0 Å². The minimum absolute atomic E-state index is 0.352. The van der Waals surface area contributed by atoms with Crippen LogP contribution in [0.15, 0.2) is 6.20 Å². The van der Waals surface area contributed by atoms with Crippen LogP contribution in [0.3, 0.4) is 0 Å². The molecule has 1 aromatic heterocycles. The van der Waals surface area contributed by atoms with Gasteiger partial charge in [-0.1, -0.05) is 11.6 Å². The Morgan fingerprint density at radius 3 is 3.16 bits per heavy atom. The van der Waals surface area contributed by atoms with Gasteiger partial charge in [0.05, 0.1) is 13.3 Å². The highest BCUT2D eigenvalue weighted by atomic mass is 35.5. The molecule has 0 aromatic carbocycles. The summed E-state index contributed by atoms with van der Waals surface area (Å²) in [4.78, 5) is 10.9. The molecular weight excluding hydrogens is 264 g/mol. The Morgan fingerprint density at radius 2 is 2.32 bits per heavy atom. The number of halogens is 1. The van der Waals surface area contributed by atoms with E-state index in [1.54, 1.807) is 13.3 Å². The van der Waals surface area contributed by atoms with Gasteiger partial charge in [0.15, 0.2) is 5.82 Å². The van der Waals surface area contributed by atoms with Crippen molar-refractivity contribution in [1.29, 1.82) is 0 Å². The maximum absolute atomic E-state index is 6.13. The van der Waals surface area contributed by atoms with Crippen molar-refractivity contribution >= 4 is 17.4 Å². The lowest BCUT2D eigenvalue weighted by atomic mass is 9.97. The number of aromatic nitrogens is 2. The quantitative estimate of drug-likeness (QED) is 0.921. The van der Waals surface area contributed by atoms with Gasteiger partial charge < -0.3 is 15.0 Å². The highest BCUT2D eigenvalue weighted by Crippen LogP contribution is 2.29. The number of hydrogen-bond donors (Lipinski definition) is 1. The normalized spacial score (nSPS) is 27.1. The second-order valence-electron chi connectivity index (χ2n) is 5.25. The summed E-state index contributed by atoms with van der Waals surface area (Å²) in [6, 6.07) is 1.52. The molecule has 2 atom stereocenters. The maximum Gasteiger partial charge on any atom is 0.318 e. The number of nitrogens with zero attached hydrogens (tertiary/aromatic N) is 3. The zero-order valence-electron chi connectivity index (χ0n) is 11.1. The number of nitrogens with one attached hydrogen (secondary N) is 1. The van der Waals surface area contributed by atoms with Crippen LogP contribution in [-0.2, 0) is 0 Å². The van der Waals surface area contributed by atoms with Crippen LogP contribution in [-0.4, -0.2) is 47.2 Å². The molecule has 5 nitrogen and oxygen atoms in total. The molecule has 2 unspecified atom stereocenters. The minimum atomic E-state index is 0.352. The number of anilines is 1. The van der Waals surface area contributed by atoms with E-state index in [0.717, 1.165) is 12.5 Å². The topological polar surface area (TPSA) is 50.3 Å². The summed E-state index contributed by atoms with van der Waals surface area (Å²) in [5, 5.41) is 4.00. The molecule has 3 heterocycles. The summed E-state index contributed by atoms with van der Waals surface area (Å²) < 4.78 is 5.04. The molecular formula is C13H19ClN4O. The molecule has 0 radical (unpaired) electrons. The second kappa shape index (κ2) is 5.51. The van der Waals surface area contributed by atoms with Crippen molar-refractivity contribution < 1.29 is 4.74 Å². The first kappa shape index (κ1) is 12.9. The summed E-state index contributed by atoms with van der Waals surface area (Å²) in [7, 11) is 1.56. The van der Waals surface area contributed by atoms with Crippen molar-refractivity contribution in [2.45, 2.75) is 37.8 Å². The van der Waals surface area contributed by atoms with E-state index < -0.39 is 0 Å². The Morgan fingerprint density at radius 1 is 1.42 bits per heavy atom. The number of fused-ring (bicyclic) bond motifs is 1. The van der Waals surface area contributed by atoms with E-state index in [2.05, 4.69) is 20.2 Å². The average Bonchev–Trinajstić information content (AvgIpc) is 2.89. The van der Waals surface area contributed by atoms with Crippen LogP contribution in [0.25, 0.3) is 0 Å². The van der Waals surface area contributed by atoms with Crippen LogP contribution < -0.4 is 10.1 Å². The predicted molar refractivity (Wildman–Crippen MR) is 74.8 cm³/mol. The molecule has 0 spiro atoms. The Kier molecular flexibility index (Phi) is 3.75. The molecule has 0 bridgehead atoms. The summed E-state index contributed by atoms with van der Waals surface area (Å²) in [6.07, 6.45) is 6.54. The van der Waals surface area contributed by atoms with Gasteiger partial charge in [0.25, 0.3) is 0 Å². The van der Waals surface area contributed by atoms with Crippen LogP contribution in [0, 0.1) is 0 Å². The number of rotatable bonds is 3. The molecule has 104 valence electrons. The van der Waals surface area contributed by atoms with E-state index in [1.807, 2.05) is 0 Å². The molecule has 6 heteroatoms. The first-order valence-electron chi connectivity index (χ1n) is 6.83. The van der Waals surface area contributed by atoms with Gasteiger partial charge in [0, 0.05) is 18.6 Å². The fraction of sp³-hybridized carbons (Fsp3) is 0.692. The molecule has 0 amide bonds. The van der Waals surface area contributed by atoms with E-state index in [0.29, 0.717) is 22.9 Å². The van der Waals surface area contributed by atoms with Gasteiger partial charge in [-0.25, -0.2) is 4.98 Å². The van der Waals surface area contributed by atoms with Crippen molar-refractivity contribution in [3.8, 4) is 6.01 Å². The lowest BCUT2D eigenvalue weighted by Crippen LogP contribution is -2.42. The number of methoxy groups -OCH3 is 1. The van der Waals surface area contributed by atoms with Gasteiger partial charge >= 0.3 is 6.01 Å². The molecule has 2 aliphatic heterocycles. The lowest BCUT2D eigenvalue weighted by molar-refractivity contribution is 0.188. The van der Waals surface area contributed by atoms with E-state index in [9.17, 15) is 0 Å². The molecule has 19 heavy (non-hydrogen) atoms. The van der Waals surface area contributed by atoms with E-state index in [1.165, 1.54) is 32.4 Å². The van der Waals surface area contributed by atoms with Gasteiger partial charge in [-0.05, 0) is 32.2 Å². The lowest BCUT2D eigenvalue weighted by Gasteiger charge is -2.35. The highest BCUT2D eigenvalue weighted by Gasteiger charge is 2.31. The SMILES string of the molecule is COc1ncc(Cl)c(NC2CCN3CCCC3C2)n1. The summed E-state index contributed by atoms with van der Waals surface area (Å²) in [5.41, 5.74) is 0. The Balaban J connectivity index is 1.68. The monoisotopic (exact) mass is 282 g/mol. The van der Waals surface area contributed by atoms with Crippen LogP contribution in [0.1, 0.15) is 25.7 Å². The van der Waals surface area contributed by atoms with Gasteiger partial charge in [-0.15, -0.1) is 0 Å². The molecule has 2 fully saturated rings. The number of hydrogen-bond acceptors (Lipinski definition) is 5. The fourth-order valence-corrected chi connectivity index (χ4v) is 3.24. The summed E-state index contributed by atoms with van der Waals surface area (Å²) in [6.45, 7) is 2.43. The van der Waals surface area contributed by atoms with E-state index in [4.69, 9.17) is 16.3 Å². The predicted octanol–water partition coefficient (Wildman–Crippen LogP) is 2.18. The van der Waals surface area contributed by atoms with Crippen molar-refractivity contribution in [3.05, 3.63) is 11.2 Å². The summed E-state index contributed by atoms with van der Waals surface area (Å²) in [5.74, 6) is 0.685. The van der Waals surface area contributed by atoms with E-state index in [-0.39, 0.29) is 0 Å². The van der Waals surface area contributed by atoms with Crippen LogP contribution in [0.2, 0.25) is 5.02 Å². The molecule has 3 rings (SSSR count). The highest BCUT2D eigenvalue weighted by molar-refractivity contribution is 6.32. The number of piperidine rings is 1. The Labute approximate surface area is 118 Å². The van der Waals surface area contributed by atoms with Crippen molar-refractivity contribution in [3.63, 3.8) is 0 Å². The molecule has 2 saturated heterocycles. The molecule has 1 aromatic rings. The molecule has 2 aliphatic rings. The fourth-order valence-electron chi connectivity index (χ4n) is 3.10. The third-order valence-electron chi connectivity index (χ3n) is 4.07. The van der Waals surface area contributed by atoms with Gasteiger partial charge in [-0.3, -0.25) is 0 Å². The molecule has 0 saturated carbocycles. The van der Waals surface area contributed by atoms with Gasteiger partial charge in [0.1, 0.15) is 5.02 Å². The first-order chi connectivity index (χ1) is 9.26. The maximum atomic E-state index is 6.13. The largest absolute Gasteiger partial charge is 0.467 e. The second-order valence-corrected chi connectivity index (χ2v) is 5.66. The standard InChI is InChI=1S/C13H19ClN4O/c1-19-13-15-8-11(14)12(17-13)16-9-4-6-18-5-2-3-10(18)7-9/h8-10H,2-7H2,1H3,(H,15,16,17). The van der Waals surface area contributed by atoms with Crippen LogP contribution >= 0.6 is 11.6 Å².